The predicted molar refractivity (Wildman–Crippen MR) is 79.5 cm³/mol. The van der Waals surface area contributed by atoms with Gasteiger partial charge in [0.25, 0.3) is 0 Å². The van der Waals surface area contributed by atoms with Gasteiger partial charge in [-0.2, -0.15) is 5.26 Å². The summed E-state index contributed by atoms with van der Waals surface area (Å²) in [5, 5.41) is 23.5. The van der Waals surface area contributed by atoms with Crippen LogP contribution in [-0.2, 0) is 0 Å². The van der Waals surface area contributed by atoms with Gasteiger partial charge in [-0.3, -0.25) is 0 Å². The van der Waals surface area contributed by atoms with Crippen LogP contribution in [0.15, 0.2) is 48.5 Å². The van der Waals surface area contributed by atoms with Crippen molar-refractivity contribution in [3.8, 4) is 6.07 Å². The largest absolute Gasteiger partial charge is 0.386 e. The standard InChI is InChI=1S/C16H14FN3O2/c17-14-4-2-1-3-13(14)15(21)10-19-16(22)20-12-7-5-11(9-18)6-8-12/h1-8,15,21H,10H2,(H2,19,20,22)/t15-/m0/s1. The molecule has 0 radical (unpaired) electrons. The number of hydrogen-bond acceptors (Lipinski definition) is 3. The molecule has 0 aliphatic heterocycles. The Hall–Kier alpha value is -2.91. The maximum atomic E-state index is 13.5. The van der Waals surface area contributed by atoms with Crippen molar-refractivity contribution in [1.29, 1.82) is 5.26 Å². The summed E-state index contributed by atoms with van der Waals surface area (Å²) in [5.41, 5.74) is 1.12. The van der Waals surface area contributed by atoms with E-state index in [1.807, 2.05) is 6.07 Å². The van der Waals surface area contributed by atoms with Gasteiger partial charge < -0.3 is 15.7 Å². The van der Waals surface area contributed by atoms with Gasteiger partial charge in [0.15, 0.2) is 0 Å². The molecular weight excluding hydrogens is 285 g/mol. The highest BCUT2D eigenvalue weighted by Crippen LogP contribution is 2.15. The van der Waals surface area contributed by atoms with Crippen LogP contribution < -0.4 is 10.6 Å². The first kappa shape index (κ1) is 15.5. The molecule has 0 heterocycles. The van der Waals surface area contributed by atoms with E-state index in [0.717, 1.165) is 0 Å². The molecule has 2 amide bonds. The molecule has 0 aliphatic rings. The van der Waals surface area contributed by atoms with Gasteiger partial charge in [0.2, 0.25) is 0 Å². The fourth-order valence-corrected chi connectivity index (χ4v) is 1.85. The number of carbonyl (C=O) groups excluding carboxylic acids is 1. The number of aliphatic hydroxyl groups is 1. The molecule has 0 fully saturated rings. The number of carbonyl (C=O) groups is 1. The van der Waals surface area contributed by atoms with Crippen molar-refractivity contribution >= 4 is 11.7 Å². The van der Waals surface area contributed by atoms with E-state index in [0.29, 0.717) is 11.3 Å². The number of aliphatic hydroxyl groups excluding tert-OH is 1. The number of hydrogen-bond donors (Lipinski definition) is 3. The van der Waals surface area contributed by atoms with E-state index in [1.165, 1.54) is 18.2 Å². The van der Waals surface area contributed by atoms with E-state index < -0.39 is 18.0 Å². The number of nitriles is 1. The quantitative estimate of drug-likeness (QED) is 0.811. The Labute approximate surface area is 127 Å². The van der Waals surface area contributed by atoms with Crippen LogP contribution >= 0.6 is 0 Å². The minimum atomic E-state index is -1.13. The molecule has 6 heteroatoms. The van der Waals surface area contributed by atoms with Gasteiger partial charge in [-0.15, -0.1) is 0 Å². The van der Waals surface area contributed by atoms with E-state index in [2.05, 4.69) is 10.6 Å². The molecule has 2 rings (SSSR count). The van der Waals surface area contributed by atoms with Crippen LogP contribution in [0.2, 0.25) is 0 Å². The first-order valence-electron chi connectivity index (χ1n) is 6.57. The Balaban J connectivity index is 1.87. The molecule has 2 aromatic carbocycles. The number of nitrogens with zero attached hydrogens (tertiary/aromatic N) is 1. The summed E-state index contributed by atoms with van der Waals surface area (Å²) in [6.45, 7) is -0.122. The molecule has 0 spiro atoms. The summed E-state index contributed by atoms with van der Waals surface area (Å²) in [6.07, 6.45) is -1.13. The molecule has 5 nitrogen and oxygen atoms in total. The highest BCUT2D eigenvalue weighted by molar-refractivity contribution is 5.89. The second-order valence-electron chi connectivity index (χ2n) is 4.56. The summed E-state index contributed by atoms with van der Waals surface area (Å²) in [6, 6.07) is 13.6. The minimum Gasteiger partial charge on any atom is -0.386 e. The van der Waals surface area contributed by atoms with Crippen molar-refractivity contribution in [3.63, 3.8) is 0 Å². The van der Waals surface area contributed by atoms with Crippen LogP contribution in [0.1, 0.15) is 17.2 Å². The van der Waals surface area contributed by atoms with Crippen LogP contribution in [-0.4, -0.2) is 17.7 Å². The summed E-state index contributed by atoms with van der Waals surface area (Å²) >= 11 is 0. The SMILES string of the molecule is N#Cc1ccc(NC(=O)NC[C@H](O)c2ccccc2F)cc1. The molecule has 0 aliphatic carbocycles. The normalized spacial score (nSPS) is 11.3. The van der Waals surface area contributed by atoms with Crippen LogP contribution in [0.5, 0.6) is 0 Å². The predicted octanol–water partition coefficient (Wildman–Crippen LogP) is 2.55. The van der Waals surface area contributed by atoms with Gasteiger partial charge in [0, 0.05) is 17.8 Å². The van der Waals surface area contributed by atoms with Crippen LogP contribution in [0.3, 0.4) is 0 Å². The number of rotatable bonds is 4. The molecule has 0 saturated carbocycles. The van der Waals surface area contributed by atoms with Gasteiger partial charge in [-0.05, 0) is 30.3 Å². The van der Waals surface area contributed by atoms with Crippen molar-refractivity contribution in [3.05, 3.63) is 65.5 Å². The minimum absolute atomic E-state index is 0.122. The Bertz CT molecular complexity index is 695. The van der Waals surface area contributed by atoms with Crippen molar-refractivity contribution in [2.45, 2.75) is 6.10 Å². The van der Waals surface area contributed by atoms with Crippen molar-refractivity contribution < 1.29 is 14.3 Å². The fourth-order valence-electron chi connectivity index (χ4n) is 1.85. The third-order valence-electron chi connectivity index (χ3n) is 2.99. The molecule has 2 aromatic rings. The third kappa shape index (κ3) is 4.04. The Kier molecular flexibility index (Phi) is 5.07. The number of benzene rings is 2. The Morgan fingerprint density at radius 2 is 1.91 bits per heavy atom. The molecule has 1 atom stereocenters. The molecule has 0 unspecified atom stereocenters. The van der Waals surface area contributed by atoms with Gasteiger partial charge >= 0.3 is 6.03 Å². The highest BCUT2D eigenvalue weighted by atomic mass is 19.1. The fraction of sp³-hybridized carbons (Fsp3) is 0.125. The number of anilines is 1. The number of halogens is 1. The lowest BCUT2D eigenvalue weighted by Gasteiger charge is -2.13. The molecular formula is C16H14FN3O2. The third-order valence-corrected chi connectivity index (χ3v) is 2.99. The van der Waals surface area contributed by atoms with E-state index in [4.69, 9.17) is 5.26 Å². The van der Waals surface area contributed by atoms with Gasteiger partial charge in [0.1, 0.15) is 5.82 Å². The van der Waals surface area contributed by atoms with Crippen LogP contribution in [0.4, 0.5) is 14.9 Å². The van der Waals surface area contributed by atoms with Gasteiger partial charge in [-0.1, -0.05) is 18.2 Å². The van der Waals surface area contributed by atoms with Gasteiger partial charge in [0.05, 0.1) is 17.7 Å². The number of nitrogens with one attached hydrogen (secondary N) is 2. The summed E-state index contributed by atoms with van der Waals surface area (Å²) in [5.74, 6) is -0.524. The average Bonchev–Trinajstić information content (AvgIpc) is 2.54. The van der Waals surface area contributed by atoms with Crippen molar-refractivity contribution in [2.24, 2.45) is 0 Å². The van der Waals surface area contributed by atoms with Crippen molar-refractivity contribution in [1.82, 2.24) is 5.32 Å². The Morgan fingerprint density at radius 3 is 2.55 bits per heavy atom. The topological polar surface area (TPSA) is 85.2 Å². The van der Waals surface area contributed by atoms with Crippen molar-refractivity contribution in [2.75, 3.05) is 11.9 Å². The second-order valence-corrected chi connectivity index (χ2v) is 4.56. The van der Waals surface area contributed by atoms with Crippen LogP contribution in [0, 0.1) is 17.1 Å². The molecule has 112 valence electrons. The summed E-state index contributed by atoms with van der Waals surface area (Å²) < 4.78 is 13.5. The molecule has 0 bridgehead atoms. The zero-order valence-electron chi connectivity index (χ0n) is 11.6. The van der Waals surface area contributed by atoms with E-state index >= 15 is 0 Å². The zero-order valence-corrected chi connectivity index (χ0v) is 11.6. The molecule has 3 N–H and O–H groups in total. The monoisotopic (exact) mass is 299 g/mol. The molecule has 0 aromatic heterocycles. The van der Waals surface area contributed by atoms with Gasteiger partial charge in [-0.25, -0.2) is 9.18 Å². The highest BCUT2D eigenvalue weighted by Gasteiger charge is 2.13. The summed E-state index contributed by atoms with van der Waals surface area (Å²) in [4.78, 5) is 11.7. The lowest BCUT2D eigenvalue weighted by atomic mass is 10.1. The van der Waals surface area contributed by atoms with E-state index in [9.17, 15) is 14.3 Å². The number of amides is 2. The first-order chi connectivity index (χ1) is 10.6. The maximum Gasteiger partial charge on any atom is 0.319 e. The van der Waals surface area contributed by atoms with E-state index in [1.54, 1.807) is 30.3 Å². The lowest BCUT2D eigenvalue weighted by molar-refractivity contribution is 0.170. The number of urea groups is 1. The molecule has 0 saturated heterocycles. The second kappa shape index (κ2) is 7.20. The maximum absolute atomic E-state index is 13.5. The van der Waals surface area contributed by atoms with E-state index in [-0.39, 0.29) is 12.1 Å². The lowest BCUT2D eigenvalue weighted by Crippen LogP contribution is -2.32. The summed E-state index contributed by atoms with van der Waals surface area (Å²) in [7, 11) is 0. The molecule has 22 heavy (non-hydrogen) atoms. The zero-order chi connectivity index (χ0) is 15.9. The van der Waals surface area contributed by atoms with Crippen LogP contribution in [0.25, 0.3) is 0 Å². The smallest absolute Gasteiger partial charge is 0.319 e. The Morgan fingerprint density at radius 1 is 1.23 bits per heavy atom. The average molecular weight is 299 g/mol. The first-order valence-corrected chi connectivity index (χ1v) is 6.57.